The van der Waals surface area contributed by atoms with E-state index in [1.165, 1.54) is 38.9 Å². The zero-order valence-corrected chi connectivity index (χ0v) is 27.9. The number of rotatable bonds is 4. The van der Waals surface area contributed by atoms with Crippen LogP contribution in [-0.4, -0.2) is 3.21 Å². The quantitative estimate of drug-likeness (QED) is 0.321. The van der Waals surface area contributed by atoms with Crippen molar-refractivity contribution in [2.45, 2.75) is 50.1 Å². The van der Waals surface area contributed by atoms with Crippen molar-refractivity contribution in [2.24, 2.45) is 0 Å². The molecule has 0 radical (unpaired) electrons. The number of benzene rings is 4. The predicted octanol–water partition coefficient (Wildman–Crippen LogP) is 3.41. The fraction of sp³-hybridized carbons (Fsp3) is 0.216. The Hall–Kier alpha value is -2.31. The molecule has 0 heterocycles. The minimum Gasteiger partial charge on any atom is -1.00 e. The zero-order chi connectivity index (χ0) is 26.4. The second-order valence-corrected chi connectivity index (χ2v) is 18.2. The van der Waals surface area contributed by atoms with Crippen LogP contribution in [0, 0.1) is 13.8 Å². The Bertz CT molecular complexity index is 1570. The van der Waals surface area contributed by atoms with Crippen molar-refractivity contribution < 1.29 is 46.1 Å². The molecule has 0 fully saturated rings. The smallest absolute Gasteiger partial charge is 1.00 e. The topological polar surface area (TPSA) is 0 Å². The number of hydrogen-bond donors (Lipinski definition) is 0. The van der Waals surface area contributed by atoms with Crippen molar-refractivity contribution in [3.8, 4) is 11.1 Å². The first-order valence-electron chi connectivity index (χ1n) is 13.8. The molecule has 0 aliphatic heterocycles. The average molecular weight is 643 g/mol. The summed E-state index contributed by atoms with van der Waals surface area (Å²) in [7, 11) is 0. The van der Waals surface area contributed by atoms with Gasteiger partial charge in [0.2, 0.25) is 0 Å². The number of aryl methyl sites for hydroxylation is 2. The molecule has 0 atom stereocenters. The van der Waals surface area contributed by atoms with Gasteiger partial charge in [-0.25, -0.2) is 0 Å². The van der Waals surface area contributed by atoms with Crippen molar-refractivity contribution in [2.75, 3.05) is 0 Å². The Balaban J connectivity index is 0.00000185. The summed E-state index contributed by atoms with van der Waals surface area (Å²) in [5.74, 6) is 0. The van der Waals surface area contributed by atoms with Crippen LogP contribution < -0.4 is 24.8 Å². The third kappa shape index (κ3) is 5.72. The van der Waals surface area contributed by atoms with E-state index in [0.717, 1.165) is 6.42 Å². The maximum absolute atomic E-state index is 2.60. The van der Waals surface area contributed by atoms with E-state index >= 15 is 0 Å². The van der Waals surface area contributed by atoms with Gasteiger partial charge in [-0.05, 0) is 0 Å². The molecule has 6 rings (SSSR count). The van der Waals surface area contributed by atoms with Gasteiger partial charge < -0.3 is 24.8 Å². The summed E-state index contributed by atoms with van der Waals surface area (Å²) in [5, 5.41) is 0. The first kappa shape index (κ1) is 30.6. The fourth-order valence-corrected chi connectivity index (χ4v) is 15.1. The summed E-state index contributed by atoms with van der Waals surface area (Å²) in [6, 6.07) is 35.1. The maximum Gasteiger partial charge on any atom is -1.00 e. The largest absolute Gasteiger partial charge is 1.00 e. The van der Waals surface area contributed by atoms with Crippen LogP contribution in [0.15, 0.2) is 113 Å². The summed E-state index contributed by atoms with van der Waals surface area (Å²) in [4.78, 5) is 0. The van der Waals surface area contributed by atoms with E-state index in [4.69, 9.17) is 0 Å². The Labute approximate surface area is 260 Å². The second kappa shape index (κ2) is 12.3. The van der Waals surface area contributed by atoms with Crippen LogP contribution in [0.4, 0.5) is 0 Å². The fourth-order valence-electron chi connectivity index (χ4n) is 6.17. The molecule has 40 heavy (non-hydrogen) atoms. The molecule has 202 valence electrons. The van der Waals surface area contributed by atoms with E-state index < -0.39 is 21.3 Å². The monoisotopic (exact) mass is 640 g/mol. The van der Waals surface area contributed by atoms with Gasteiger partial charge in [-0.15, -0.1) is 0 Å². The van der Waals surface area contributed by atoms with Crippen molar-refractivity contribution in [3.63, 3.8) is 0 Å². The molecule has 4 aromatic carbocycles. The van der Waals surface area contributed by atoms with Gasteiger partial charge in [-0.1, -0.05) is 0 Å². The van der Waals surface area contributed by atoms with Gasteiger partial charge in [0.05, 0.1) is 0 Å². The Morgan fingerprint density at radius 3 is 1.75 bits per heavy atom. The molecule has 0 saturated heterocycles. The van der Waals surface area contributed by atoms with Crippen LogP contribution in [0.1, 0.15) is 69.8 Å². The van der Waals surface area contributed by atoms with Crippen molar-refractivity contribution in [3.05, 3.63) is 151 Å². The Morgan fingerprint density at radius 1 is 0.700 bits per heavy atom. The first-order valence-corrected chi connectivity index (χ1v) is 17.7. The Morgan fingerprint density at radius 2 is 1.25 bits per heavy atom. The number of fused-ring (bicyclic) bond motifs is 3. The number of allylic oxidation sites excluding steroid dienone is 4. The molecule has 0 unspecified atom stereocenters. The second-order valence-electron chi connectivity index (χ2n) is 11.9. The van der Waals surface area contributed by atoms with Crippen LogP contribution in [-0.2, 0) is 26.7 Å². The SMILES string of the molecule is Cc1ccc2c(c1)[CH](/[Zr+2]([C]1=CC=CC1)=[C](/c1ccccc1)c1ccc(C(C)(C)C)cc1)c1cc(C)ccc1-2.[Cl-].[Cl-]. The van der Waals surface area contributed by atoms with Gasteiger partial charge in [-0.3, -0.25) is 0 Å². The molecule has 0 N–H and O–H groups in total. The summed E-state index contributed by atoms with van der Waals surface area (Å²) in [6.07, 6.45) is 8.21. The molecule has 0 aromatic heterocycles. The average Bonchev–Trinajstić information content (AvgIpc) is 3.54. The summed E-state index contributed by atoms with van der Waals surface area (Å²) < 4.78 is 3.78. The molecule has 0 bridgehead atoms. The van der Waals surface area contributed by atoms with E-state index in [1.807, 2.05) is 0 Å². The van der Waals surface area contributed by atoms with Gasteiger partial charge in [0, 0.05) is 0 Å². The molecule has 0 saturated carbocycles. The number of halogens is 2. The third-order valence-electron chi connectivity index (χ3n) is 8.10. The maximum atomic E-state index is 2.49. The summed E-state index contributed by atoms with van der Waals surface area (Å²) in [5.41, 5.74) is 13.0. The van der Waals surface area contributed by atoms with Crippen LogP contribution in [0.2, 0.25) is 0 Å². The van der Waals surface area contributed by atoms with Crippen LogP contribution in [0.3, 0.4) is 0 Å². The van der Waals surface area contributed by atoms with Crippen molar-refractivity contribution in [1.29, 1.82) is 0 Å². The van der Waals surface area contributed by atoms with Gasteiger partial charge in [0.25, 0.3) is 0 Å². The van der Waals surface area contributed by atoms with E-state index in [2.05, 4.69) is 144 Å². The minimum atomic E-state index is -2.60. The molecule has 2 aliphatic carbocycles. The van der Waals surface area contributed by atoms with Gasteiger partial charge in [0.1, 0.15) is 0 Å². The number of hydrogen-bond acceptors (Lipinski definition) is 0. The van der Waals surface area contributed by atoms with Crippen LogP contribution in [0.5, 0.6) is 0 Å². The molecule has 3 heteroatoms. The minimum absolute atomic E-state index is 0. The van der Waals surface area contributed by atoms with Crippen molar-refractivity contribution in [1.82, 2.24) is 0 Å². The molecule has 0 nitrogen and oxygen atoms in total. The zero-order valence-electron chi connectivity index (χ0n) is 23.9. The standard InChI is InChI=1S/C17H18.C15H13.C5H5.2ClH.Zr/c1-17(2,3)16-11-9-15(10-12-16)13-14-7-5-4-6-8-14;1-10-3-5-14-12(7-10)9-13-8-11(2)4-6-15(13)14;1-2-4-5-3-1;;;/h4-12H,1-3H3;3-9H,1-2H3;1-3H,4H2;2*1H;/q;;;;;+2/p-2. The van der Waals surface area contributed by atoms with Crippen molar-refractivity contribution >= 4 is 3.21 Å². The predicted molar refractivity (Wildman–Crippen MR) is 160 cm³/mol. The normalized spacial score (nSPS) is 14.0. The molecule has 0 spiro atoms. The van der Waals surface area contributed by atoms with Crippen LogP contribution >= 0.6 is 0 Å². The molecule has 2 aliphatic rings. The molecule has 0 amide bonds. The van der Waals surface area contributed by atoms with E-state index in [-0.39, 0.29) is 30.2 Å². The molecular weight excluding hydrogens is 607 g/mol. The van der Waals surface area contributed by atoms with Gasteiger partial charge in [-0.2, -0.15) is 0 Å². The van der Waals surface area contributed by atoms with E-state index in [1.54, 1.807) is 17.6 Å². The summed E-state index contributed by atoms with van der Waals surface area (Å²) in [6.45, 7) is 11.4. The Kier molecular flexibility index (Phi) is 9.41. The van der Waals surface area contributed by atoms with Gasteiger partial charge >= 0.3 is 237 Å². The van der Waals surface area contributed by atoms with E-state index in [0.29, 0.717) is 3.63 Å². The summed E-state index contributed by atoms with van der Waals surface area (Å²) >= 11 is -2.60. The molecule has 4 aromatic rings. The van der Waals surface area contributed by atoms with Crippen LogP contribution in [0.25, 0.3) is 11.1 Å². The van der Waals surface area contributed by atoms with Gasteiger partial charge in [0.15, 0.2) is 0 Å². The van der Waals surface area contributed by atoms with E-state index in [9.17, 15) is 0 Å². The third-order valence-corrected chi connectivity index (χ3v) is 16.4. The first-order chi connectivity index (χ1) is 18.3. The molecular formula is C37H36Cl2Zr.